The zero-order chi connectivity index (χ0) is 15.4. The third-order valence-electron chi connectivity index (χ3n) is 3.61. The van der Waals surface area contributed by atoms with Crippen LogP contribution in [0.25, 0.3) is 11.0 Å². The topological polar surface area (TPSA) is 55.0 Å². The van der Waals surface area contributed by atoms with Gasteiger partial charge < -0.3 is 9.72 Å². The minimum Gasteiger partial charge on any atom is -0.423 e. The van der Waals surface area contributed by atoms with Crippen LogP contribution in [-0.4, -0.2) is 15.9 Å². The van der Waals surface area contributed by atoms with Crippen molar-refractivity contribution in [1.82, 2.24) is 9.97 Å². The molecule has 0 aliphatic heterocycles. The molecule has 22 heavy (non-hydrogen) atoms. The molecule has 1 N–H and O–H groups in total. The van der Waals surface area contributed by atoms with E-state index in [2.05, 4.69) is 16.9 Å². The monoisotopic (exact) mass is 294 g/mol. The van der Waals surface area contributed by atoms with E-state index in [1.165, 1.54) is 12.0 Å². The summed E-state index contributed by atoms with van der Waals surface area (Å²) in [6, 6.07) is 13.0. The molecule has 0 aliphatic rings. The van der Waals surface area contributed by atoms with Crippen molar-refractivity contribution in [3.05, 3.63) is 59.9 Å². The molecule has 0 unspecified atom stereocenters. The number of rotatable bonds is 5. The molecule has 0 atom stereocenters. The highest BCUT2D eigenvalue weighted by Crippen LogP contribution is 2.19. The number of aromatic amines is 1. The summed E-state index contributed by atoms with van der Waals surface area (Å²) in [5.41, 5.74) is 3.50. The molecule has 1 aromatic heterocycles. The molecule has 0 bridgehead atoms. The molecule has 3 aromatic rings. The normalized spacial score (nSPS) is 10.8. The summed E-state index contributed by atoms with van der Waals surface area (Å²) in [5, 5.41) is 0. The van der Waals surface area contributed by atoms with Crippen LogP contribution < -0.4 is 4.74 Å². The molecule has 112 valence electrons. The average molecular weight is 294 g/mol. The summed E-state index contributed by atoms with van der Waals surface area (Å²) in [5.74, 6) is 0.165. The lowest BCUT2D eigenvalue weighted by molar-refractivity contribution is 0.0735. The first-order chi connectivity index (χ1) is 10.8. The molecule has 4 heteroatoms. The standard InChI is InChI=1S/C18H18N2O2/c1-2-3-4-13-5-7-14(8-6-13)18(21)22-15-9-10-16-17(11-15)20-12-19-16/h5-12H,2-4H2,1H3,(H,19,20). The van der Waals surface area contributed by atoms with Gasteiger partial charge in [0.1, 0.15) is 5.75 Å². The van der Waals surface area contributed by atoms with Gasteiger partial charge in [-0.05, 0) is 42.7 Å². The van der Waals surface area contributed by atoms with Gasteiger partial charge in [-0.1, -0.05) is 25.5 Å². The van der Waals surface area contributed by atoms with Crippen LogP contribution in [0, 0.1) is 0 Å². The zero-order valence-corrected chi connectivity index (χ0v) is 12.5. The number of H-pyrrole nitrogens is 1. The Morgan fingerprint density at radius 3 is 2.77 bits per heavy atom. The Kier molecular flexibility index (Phi) is 4.19. The number of aryl methyl sites for hydroxylation is 1. The van der Waals surface area contributed by atoms with Gasteiger partial charge in [0, 0.05) is 6.07 Å². The molecule has 0 saturated heterocycles. The molecule has 0 aliphatic carbocycles. The number of imidazole rings is 1. The van der Waals surface area contributed by atoms with E-state index in [0.717, 1.165) is 23.9 Å². The highest BCUT2D eigenvalue weighted by atomic mass is 16.5. The van der Waals surface area contributed by atoms with Crippen molar-refractivity contribution in [3.63, 3.8) is 0 Å². The third-order valence-corrected chi connectivity index (χ3v) is 3.61. The smallest absolute Gasteiger partial charge is 0.343 e. The van der Waals surface area contributed by atoms with Gasteiger partial charge in [0.05, 0.1) is 22.9 Å². The number of carbonyl (C=O) groups is 1. The lowest BCUT2D eigenvalue weighted by Gasteiger charge is -2.05. The summed E-state index contributed by atoms with van der Waals surface area (Å²) in [6.07, 6.45) is 4.99. The Labute approximate surface area is 129 Å². The Morgan fingerprint density at radius 1 is 1.18 bits per heavy atom. The molecule has 4 nitrogen and oxygen atoms in total. The second-order valence-corrected chi connectivity index (χ2v) is 5.27. The summed E-state index contributed by atoms with van der Waals surface area (Å²) in [6.45, 7) is 2.17. The Bertz CT molecular complexity index is 775. The largest absolute Gasteiger partial charge is 0.423 e. The van der Waals surface area contributed by atoms with Crippen LogP contribution in [0.1, 0.15) is 35.7 Å². The number of benzene rings is 2. The molecule has 1 heterocycles. The number of fused-ring (bicyclic) bond motifs is 1. The molecule has 0 spiro atoms. The van der Waals surface area contributed by atoms with Gasteiger partial charge in [0.15, 0.2) is 0 Å². The van der Waals surface area contributed by atoms with E-state index >= 15 is 0 Å². The summed E-state index contributed by atoms with van der Waals surface area (Å²) >= 11 is 0. The van der Waals surface area contributed by atoms with E-state index in [-0.39, 0.29) is 5.97 Å². The van der Waals surface area contributed by atoms with Crippen molar-refractivity contribution in [2.75, 3.05) is 0 Å². The van der Waals surface area contributed by atoms with E-state index in [1.807, 2.05) is 30.3 Å². The number of nitrogens with zero attached hydrogens (tertiary/aromatic N) is 1. The lowest BCUT2D eigenvalue weighted by Crippen LogP contribution is -2.08. The van der Waals surface area contributed by atoms with Gasteiger partial charge in [0.2, 0.25) is 0 Å². The van der Waals surface area contributed by atoms with Crippen molar-refractivity contribution >= 4 is 17.0 Å². The van der Waals surface area contributed by atoms with Crippen LogP contribution in [-0.2, 0) is 6.42 Å². The second-order valence-electron chi connectivity index (χ2n) is 5.27. The predicted molar refractivity (Wildman–Crippen MR) is 86.1 cm³/mol. The van der Waals surface area contributed by atoms with Gasteiger partial charge in [0.25, 0.3) is 0 Å². The quantitative estimate of drug-likeness (QED) is 0.568. The molecule has 0 saturated carbocycles. The van der Waals surface area contributed by atoms with Crippen LogP contribution in [0.3, 0.4) is 0 Å². The van der Waals surface area contributed by atoms with Crippen LogP contribution in [0.5, 0.6) is 5.75 Å². The Balaban J connectivity index is 1.70. The number of unbranched alkanes of at least 4 members (excludes halogenated alkanes) is 1. The lowest BCUT2D eigenvalue weighted by atomic mass is 10.1. The predicted octanol–water partition coefficient (Wildman–Crippen LogP) is 4.12. The summed E-state index contributed by atoms with van der Waals surface area (Å²) in [7, 11) is 0. The summed E-state index contributed by atoms with van der Waals surface area (Å²) in [4.78, 5) is 19.3. The number of ether oxygens (including phenoxy) is 1. The van der Waals surface area contributed by atoms with Gasteiger partial charge in [-0.15, -0.1) is 0 Å². The molecule has 2 aromatic carbocycles. The van der Waals surface area contributed by atoms with E-state index in [0.29, 0.717) is 11.3 Å². The minimum absolute atomic E-state index is 0.346. The first-order valence-corrected chi connectivity index (χ1v) is 7.50. The highest BCUT2D eigenvalue weighted by Gasteiger charge is 2.09. The number of nitrogens with one attached hydrogen (secondary N) is 1. The van der Waals surface area contributed by atoms with Gasteiger partial charge >= 0.3 is 5.97 Å². The molecule has 0 radical (unpaired) electrons. The molecular formula is C18H18N2O2. The van der Waals surface area contributed by atoms with Crippen LogP contribution in [0.2, 0.25) is 0 Å². The molecule has 0 fully saturated rings. The maximum atomic E-state index is 12.2. The highest BCUT2D eigenvalue weighted by molar-refractivity contribution is 5.91. The van der Waals surface area contributed by atoms with Crippen LogP contribution in [0.4, 0.5) is 0 Å². The number of carbonyl (C=O) groups excluding carboxylic acids is 1. The fourth-order valence-electron chi connectivity index (χ4n) is 2.33. The summed E-state index contributed by atoms with van der Waals surface area (Å²) < 4.78 is 5.41. The maximum absolute atomic E-state index is 12.2. The third kappa shape index (κ3) is 3.17. The van der Waals surface area contributed by atoms with E-state index in [4.69, 9.17) is 4.74 Å². The number of hydrogen-bond donors (Lipinski definition) is 1. The van der Waals surface area contributed by atoms with E-state index < -0.39 is 0 Å². The molecule has 0 amide bonds. The van der Waals surface area contributed by atoms with Crippen molar-refractivity contribution in [3.8, 4) is 5.75 Å². The second kappa shape index (κ2) is 6.43. The van der Waals surface area contributed by atoms with E-state index in [9.17, 15) is 4.79 Å². The number of hydrogen-bond acceptors (Lipinski definition) is 3. The first kappa shape index (κ1) is 14.3. The van der Waals surface area contributed by atoms with E-state index in [1.54, 1.807) is 18.5 Å². The van der Waals surface area contributed by atoms with Crippen LogP contribution in [0.15, 0.2) is 48.8 Å². The van der Waals surface area contributed by atoms with Crippen molar-refractivity contribution < 1.29 is 9.53 Å². The Hall–Kier alpha value is -2.62. The number of aromatic nitrogens is 2. The number of esters is 1. The molecule has 3 rings (SSSR count). The van der Waals surface area contributed by atoms with Crippen molar-refractivity contribution in [2.24, 2.45) is 0 Å². The minimum atomic E-state index is -0.346. The average Bonchev–Trinajstić information content (AvgIpc) is 3.01. The van der Waals surface area contributed by atoms with Gasteiger partial charge in [-0.25, -0.2) is 9.78 Å². The van der Waals surface area contributed by atoms with Crippen molar-refractivity contribution in [1.29, 1.82) is 0 Å². The van der Waals surface area contributed by atoms with Gasteiger partial charge in [-0.3, -0.25) is 0 Å². The first-order valence-electron chi connectivity index (χ1n) is 7.50. The van der Waals surface area contributed by atoms with Crippen molar-refractivity contribution in [2.45, 2.75) is 26.2 Å². The van der Waals surface area contributed by atoms with Crippen LogP contribution >= 0.6 is 0 Å². The SMILES string of the molecule is CCCCc1ccc(C(=O)Oc2ccc3nc[nH]c3c2)cc1. The fraction of sp³-hybridized carbons (Fsp3) is 0.222. The molecular weight excluding hydrogens is 276 g/mol. The van der Waals surface area contributed by atoms with Gasteiger partial charge in [-0.2, -0.15) is 0 Å². The maximum Gasteiger partial charge on any atom is 0.343 e. The fourth-order valence-corrected chi connectivity index (χ4v) is 2.33. The zero-order valence-electron chi connectivity index (χ0n) is 12.5. The Morgan fingerprint density at radius 2 is 2.00 bits per heavy atom.